The molecule has 180 valence electrons. The molecule has 0 aromatic rings. The Morgan fingerprint density at radius 3 is 1.32 bits per heavy atom. The lowest BCUT2D eigenvalue weighted by Crippen LogP contribution is -2.78. The largest absolute Gasteiger partial charge is 0.396 e. The zero-order valence-electron chi connectivity index (χ0n) is 21.5. The Labute approximate surface area is 193 Å². The first-order valence-corrected chi connectivity index (χ1v) is 15.3. The third kappa shape index (κ3) is 3.88. The van der Waals surface area contributed by atoms with Crippen LogP contribution in [0.5, 0.6) is 0 Å². The summed E-state index contributed by atoms with van der Waals surface area (Å²) >= 11 is 0. The first-order chi connectivity index (χ1) is 14.8. The van der Waals surface area contributed by atoms with Gasteiger partial charge in [-0.3, -0.25) is 0 Å². The Bertz CT molecular complexity index is 566. The van der Waals surface area contributed by atoms with Crippen LogP contribution in [0.2, 0.25) is 0 Å². The minimum Gasteiger partial charge on any atom is -0.396 e. The minimum absolute atomic E-state index is 0.389. The van der Waals surface area contributed by atoms with Crippen LogP contribution in [0.3, 0.4) is 0 Å². The van der Waals surface area contributed by atoms with Crippen molar-refractivity contribution >= 4 is 8.56 Å². The molecule has 4 fully saturated rings. The lowest BCUT2D eigenvalue weighted by atomic mass is 9.62. The van der Waals surface area contributed by atoms with Crippen LogP contribution >= 0.6 is 0 Å². The minimum atomic E-state index is -2.54. The van der Waals surface area contributed by atoms with Gasteiger partial charge in [-0.15, -0.1) is 0 Å². The standard InChI is InChI=1S/C26H50N2O2Si/c1-15-9-11-21-23(19(15)5)17(3)13-27-25(21)31(29-7,30-8)26-22-12-10-16(2)20(6)24(22)18(4)14-28-26/h15-28H,9-14H2,1-8H3. The molecule has 2 aliphatic heterocycles. The molecule has 4 nitrogen and oxygen atoms in total. The zero-order chi connectivity index (χ0) is 22.5. The van der Waals surface area contributed by atoms with Gasteiger partial charge in [-0.2, -0.15) is 0 Å². The molecular formula is C26H50N2O2Si. The van der Waals surface area contributed by atoms with Crippen LogP contribution in [0.15, 0.2) is 0 Å². The summed E-state index contributed by atoms with van der Waals surface area (Å²) in [6.45, 7) is 17.1. The summed E-state index contributed by atoms with van der Waals surface area (Å²) in [4.78, 5) is 0. The molecule has 0 radical (unpaired) electrons. The van der Waals surface area contributed by atoms with Crippen molar-refractivity contribution in [3.63, 3.8) is 0 Å². The fourth-order valence-electron chi connectivity index (χ4n) is 8.88. The van der Waals surface area contributed by atoms with Gasteiger partial charge >= 0.3 is 8.56 Å². The van der Waals surface area contributed by atoms with Gasteiger partial charge in [0.05, 0.1) is 11.3 Å². The van der Waals surface area contributed by atoms with E-state index in [1.54, 1.807) is 0 Å². The van der Waals surface area contributed by atoms with Gasteiger partial charge in [0.25, 0.3) is 0 Å². The van der Waals surface area contributed by atoms with Crippen molar-refractivity contribution in [1.82, 2.24) is 10.6 Å². The summed E-state index contributed by atoms with van der Waals surface area (Å²) in [6.07, 6.45) is 5.34. The summed E-state index contributed by atoms with van der Waals surface area (Å²) in [5.41, 5.74) is 0.778. The highest BCUT2D eigenvalue weighted by Crippen LogP contribution is 2.51. The van der Waals surface area contributed by atoms with Gasteiger partial charge in [-0.1, -0.05) is 54.4 Å². The Hall–Kier alpha value is 0.0569. The van der Waals surface area contributed by atoms with Crippen LogP contribution in [0.25, 0.3) is 0 Å². The lowest BCUT2D eigenvalue weighted by molar-refractivity contribution is -0.00235. The summed E-state index contributed by atoms with van der Waals surface area (Å²) in [5.74, 6) is 7.67. The van der Waals surface area contributed by atoms with Crippen LogP contribution < -0.4 is 10.6 Å². The molecule has 0 bridgehead atoms. The summed E-state index contributed by atoms with van der Waals surface area (Å²) in [6, 6.07) is 0. The highest BCUT2D eigenvalue weighted by Gasteiger charge is 2.62. The molecule has 12 unspecified atom stereocenters. The van der Waals surface area contributed by atoms with Crippen LogP contribution in [0, 0.1) is 59.2 Å². The average Bonchev–Trinajstić information content (AvgIpc) is 2.76. The van der Waals surface area contributed by atoms with E-state index >= 15 is 0 Å². The summed E-state index contributed by atoms with van der Waals surface area (Å²) in [5, 5.41) is 8.08. The van der Waals surface area contributed by atoms with Crippen molar-refractivity contribution in [3.05, 3.63) is 0 Å². The van der Waals surface area contributed by atoms with E-state index < -0.39 is 8.56 Å². The Balaban J connectivity index is 1.68. The third-order valence-corrected chi connectivity index (χ3v) is 15.2. The van der Waals surface area contributed by atoms with Crippen LogP contribution in [-0.4, -0.2) is 47.2 Å². The van der Waals surface area contributed by atoms with Crippen LogP contribution in [0.1, 0.15) is 67.2 Å². The Morgan fingerprint density at radius 2 is 0.968 bits per heavy atom. The number of hydrogen-bond donors (Lipinski definition) is 2. The molecule has 31 heavy (non-hydrogen) atoms. The molecule has 2 N–H and O–H groups in total. The fraction of sp³-hybridized carbons (Fsp3) is 1.00. The Kier molecular flexibility index (Phi) is 7.31. The predicted molar refractivity (Wildman–Crippen MR) is 131 cm³/mol. The summed E-state index contributed by atoms with van der Waals surface area (Å²) in [7, 11) is 1.38. The van der Waals surface area contributed by atoms with E-state index in [9.17, 15) is 0 Å². The fourth-order valence-corrected chi connectivity index (χ4v) is 13.2. The van der Waals surface area contributed by atoms with E-state index in [1.165, 1.54) is 25.7 Å². The van der Waals surface area contributed by atoms with E-state index in [0.29, 0.717) is 23.2 Å². The van der Waals surface area contributed by atoms with E-state index in [1.807, 2.05) is 14.2 Å². The maximum Gasteiger partial charge on any atom is 0.373 e. The van der Waals surface area contributed by atoms with Gasteiger partial charge in [0.1, 0.15) is 0 Å². The molecule has 0 amide bonds. The number of rotatable bonds is 4. The topological polar surface area (TPSA) is 42.5 Å². The second kappa shape index (κ2) is 9.36. The number of hydrogen-bond acceptors (Lipinski definition) is 4. The third-order valence-electron chi connectivity index (χ3n) is 10.9. The molecule has 0 aromatic carbocycles. The summed E-state index contributed by atoms with van der Waals surface area (Å²) < 4.78 is 13.3. The van der Waals surface area contributed by atoms with Crippen LogP contribution in [0.4, 0.5) is 0 Å². The number of piperidine rings is 2. The van der Waals surface area contributed by atoms with E-state index in [2.05, 4.69) is 52.2 Å². The molecule has 2 saturated carbocycles. The zero-order valence-corrected chi connectivity index (χ0v) is 22.5. The van der Waals surface area contributed by atoms with Crippen molar-refractivity contribution in [2.75, 3.05) is 27.3 Å². The average molecular weight is 451 g/mol. The van der Waals surface area contributed by atoms with Crippen molar-refractivity contribution < 1.29 is 8.85 Å². The maximum absolute atomic E-state index is 6.65. The first-order valence-electron chi connectivity index (χ1n) is 13.3. The second-order valence-corrected chi connectivity index (χ2v) is 15.7. The molecule has 5 heteroatoms. The van der Waals surface area contributed by atoms with E-state index in [0.717, 1.165) is 60.4 Å². The monoisotopic (exact) mass is 450 g/mol. The highest BCUT2D eigenvalue weighted by atomic mass is 28.4. The molecule has 12 atom stereocenters. The molecule has 2 aliphatic carbocycles. The maximum atomic E-state index is 6.65. The lowest BCUT2D eigenvalue weighted by Gasteiger charge is -2.59. The Morgan fingerprint density at radius 1 is 0.581 bits per heavy atom. The van der Waals surface area contributed by atoms with Gasteiger partial charge in [-0.05, 0) is 85.1 Å². The number of fused-ring (bicyclic) bond motifs is 2. The predicted octanol–water partition coefficient (Wildman–Crippen LogP) is 4.61. The SMILES string of the molecule is CO[Si](OC)(C1NCC(C)C2C(C)C(C)CCC21)C1NCC(C)C2C(C)C(C)CCC21. The second-order valence-electron chi connectivity index (χ2n) is 12.2. The molecule has 2 saturated heterocycles. The van der Waals surface area contributed by atoms with Gasteiger partial charge < -0.3 is 19.5 Å². The normalized spacial score (nSPS) is 51.1. The molecule has 2 heterocycles. The smallest absolute Gasteiger partial charge is 0.373 e. The van der Waals surface area contributed by atoms with Gasteiger partial charge in [0, 0.05) is 14.2 Å². The van der Waals surface area contributed by atoms with Gasteiger partial charge in [0.15, 0.2) is 0 Å². The molecule has 0 aromatic heterocycles. The first kappa shape index (κ1) is 24.2. The number of nitrogens with one attached hydrogen (secondary N) is 2. The van der Waals surface area contributed by atoms with E-state index in [4.69, 9.17) is 8.85 Å². The van der Waals surface area contributed by atoms with Crippen LogP contribution in [-0.2, 0) is 8.85 Å². The molecule has 0 spiro atoms. The van der Waals surface area contributed by atoms with Gasteiger partial charge in [0.2, 0.25) is 0 Å². The van der Waals surface area contributed by atoms with Crippen molar-refractivity contribution in [1.29, 1.82) is 0 Å². The molecular weight excluding hydrogens is 400 g/mol. The van der Waals surface area contributed by atoms with Crippen molar-refractivity contribution in [3.8, 4) is 0 Å². The van der Waals surface area contributed by atoms with E-state index in [-0.39, 0.29) is 0 Å². The van der Waals surface area contributed by atoms with Crippen molar-refractivity contribution in [2.24, 2.45) is 59.2 Å². The highest BCUT2D eigenvalue weighted by molar-refractivity contribution is 6.71. The van der Waals surface area contributed by atoms with Gasteiger partial charge in [-0.25, -0.2) is 0 Å². The molecule has 4 aliphatic rings. The van der Waals surface area contributed by atoms with Crippen molar-refractivity contribution in [2.45, 2.75) is 78.6 Å². The quantitative estimate of drug-likeness (QED) is 0.614. The molecule has 4 rings (SSSR count).